The summed E-state index contributed by atoms with van der Waals surface area (Å²) in [6, 6.07) is 18.8. The van der Waals surface area contributed by atoms with Gasteiger partial charge in [-0.1, -0.05) is 30.3 Å². The highest BCUT2D eigenvalue weighted by atomic mass is 19.4. The average Bonchev–Trinajstić information content (AvgIpc) is 2.94. The number of esters is 3. The molecule has 0 bridgehead atoms. The Hall–Kier alpha value is -4.40. The van der Waals surface area contributed by atoms with E-state index in [-0.39, 0.29) is 23.9 Å². The lowest BCUT2D eigenvalue weighted by Gasteiger charge is -2.08. The molecule has 0 aromatic heterocycles. The van der Waals surface area contributed by atoms with E-state index in [1.165, 1.54) is 18.2 Å². The Bertz CT molecular complexity index is 1250. The van der Waals surface area contributed by atoms with Crippen molar-refractivity contribution in [2.75, 3.05) is 13.2 Å². The molecular formula is C30H27F3O6. The zero-order chi connectivity index (χ0) is 28.1. The molecule has 9 heteroatoms. The molecule has 6 nitrogen and oxygen atoms in total. The number of carbonyl (C=O) groups excluding carboxylic acids is 3. The van der Waals surface area contributed by atoms with E-state index in [4.69, 9.17) is 14.2 Å². The van der Waals surface area contributed by atoms with E-state index in [9.17, 15) is 27.6 Å². The molecule has 0 fully saturated rings. The predicted octanol–water partition coefficient (Wildman–Crippen LogP) is 6.90. The van der Waals surface area contributed by atoms with Gasteiger partial charge in [0.1, 0.15) is 5.75 Å². The van der Waals surface area contributed by atoms with E-state index in [1.54, 1.807) is 42.5 Å². The van der Waals surface area contributed by atoms with Crippen LogP contribution < -0.4 is 4.74 Å². The van der Waals surface area contributed by atoms with Crippen LogP contribution in [-0.2, 0) is 20.4 Å². The smallest absolute Gasteiger partial charge is 0.416 e. The highest BCUT2D eigenvalue weighted by Crippen LogP contribution is 2.29. The Morgan fingerprint density at radius 2 is 1.26 bits per heavy atom. The van der Waals surface area contributed by atoms with Crippen molar-refractivity contribution in [3.8, 4) is 5.75 Å². The van der Waals surface area contributed by atoms with Crippen LogP contribution in [0.1, 0.15) is 57.5 Å². The summed E-state index contributed by atoms with van der Waals surface area (Å²) in [5.74, 6) is -1.42. The number of ether oxygens (including phenoxy) is 3. The Labute approximate surface area is 224 Å². The van der Waals surface area contributed by atoms with Crippen molar-refractivity contribution < 1.29 is 41.8 Å². The van der Waals surface area contributed by atoms with Gasteiger partial charge in [-0.3, -0.25) is 0 Å². The molecule has 3 rings (SSSR count). The summed E-state index contributed by atoms with van der Waals surface area (Å²) in [7, 11) is 0. The number of unbranched alkanes of at least 4 members (excludes halogenated alkanes) is 3. The molecule has 0 aliphatic carbocycles. The van der Waals surface area contributed by atoms with Gasteiger partial charge >= 0.3 is 24.1 Å². The molecule has 0 atom stereocenters. The monoisotopic (exact) mass is 540 g/mol. The van der Waals surface area contributed by atoms with Crippen LogP contribution in [-0.4, -0.2) is 31.1 Å². The standard InChI is InChI=1S/C30H27F3O6/c31-30(32,33)25-15-13-24(14-16-25)29(36)39-26-17-10-22(11-18-26)12-19-27(34)37-20-6-1-2-7-21-38-28(35)23-8-4-3-5-9-23/h3-5,8-19H,1-2,6-7,20-21H2/b19-12+. The Morgan fingerprint density at radius 3 is 1.87 bits per heavy atom. The van der Waals surface area contributed by atoms with Gasteiger partial charge in [0.25, 0.3) is 0 Å². The number of hydrogen-bond donors (Lipinski definition) is 0. The van der Waals surface area contributed by atoms with Crippen LogP contribution in [0.5, 0.6) is 5.75 Å². The summed E-state index contributed by atoms with van der Waals surface area (Å²) in [5.41, 5.74) is 0.314. The molecule has 0 aliphatic rings. The van der Waals surface area contributed by atoms with Gasteiger partial charge in [-0.15, -0.1) is 0 Å². The number of hydrogen-bond acceptors (Lipinski definition) is 6. The maximum absolute atomic E-state index is 12.6. The van der Waals surface area contributed by atoms with Crippen LogP contribution >= 0.6 is 0 Å². The van der Waals surface area contributed by atoms with Crippen molar-refractivity contribution in [1.29, 1.82) is 0 Å². The van der Waals surface area contributed by atoms with Crippen molar-refractivity contribution in [2.45, 2.75) is 31.9 Å². The number of halogens is 3. The molecule has 0 amide bonds. The van der Waals surface area contributed by atoms with E-state index >= 15 is 0 Å². The van der Waals surface area contributed by atoms with Crippen LogP contribution in [0.25, 0.3) is 6.08 Å². The maximum Gasteiger partial charge on any atom is 0.416 e. The Morgan fingerprint density at radius 1 is 0.667 bits per heavy atom. The number of benzene rings is 3. The highest BCUT2D eigenvalue weighted by molar-refractivity contribution is 5.91. The maximum atomic E-state index is 12.6. The zero-order valence-corrected chi connectivity index (χ0v) is 21.0. The van der Waals surface area contributed by atoms with Gasteiger partial charge in [0.15, 0.2) is 0 Å². The van der Waals surface area contributed by atoms with Gasteiger partial charge in [0, 0.05) is 6.08 Å². The second kappa shape index (κ2) is 14.5. The van der Waals surface area contributed by atoms with Gasteiger partial charge in [-0.05, 0) is 85.9 Å². The minimum Gasteiger partial charge on any atom is -0.463 e. The SMILES string of the molecule is O=C(/C=C/c1ccc(OC(=O)c2ccc(C(F)(F)F)cc2)cc1)OCCCCCCOC(=O)c1ccccc1. The molecule has 0 unspecified atom stereocenters. The van der Waals surface area contributed by atoms with Crippen LogP contribution in [0.3, 0.4) is 0 Å². The van der Waals surface area contributed by atoms with Crippen LogP contribution in [0.15, 0.2) is 84.9 Å². The van der Waals surface area contributed by atoms with E-state index in [2.05, 4.69) is 0 Å². The fraction of sp³-hybridized carbons (Fsp3) is 0.233. The first-order valence-corrected chi connectivity index (χ1v) is 12.3. The topological polar surface area (TPSA) is 78.9 Å². The average molecular weight is 541 g/mol. The minimum absolute atomic E-state index is 0.0128. The number of carbonyl (C=O) groups is 3. The Kier molecular flexibility index (Phi) is 10.9. The van der Waals surface area contributed by atoms with Crippen LogP contribution in [0.4, 0.5) is 13.2 Å². The van der Waals surface area contributed by atoms with Crippen LogP contribution in [0.2, 0.25) is 0 Å². The fourth-order valence-electron chi connectivity index (χ4n) is 3.37. The molecule has 0 spiro atoms. The molecule has 3 aromatic carbocycles. The summed E-state index contributed by atoms with van der Waals surface area (Å²) < 4.78 is 53.5. The second-order valence-electron chi connectivity index (χ2n) is 8.45. The third-order valence-corrected chi connectivity index (χ3v) is 5.48. The number of alkyl halides is 3. The quantitative estimate of drug-likeness (QED) is 0.108. The third-order valence-electron chi connectivity index (χ3n) is 5.48. The third kappa shape index (κ3) is 10.1. The van der Waals surface area contributed by atoms with E-state index in [1.807, 2.05) is 6.07 Å². The van der Waals surface area contributed by atoms with Crippen molar-refractivity contribution in [3.05, 3.63) is 107 Å². The largest absolute Gasteiger partial charge is 0.463 e. The second-order valence-corrected chi connectivity index (χ2v) is 8.45. The van der Waals surface area contributed by atoms with E-state index < -0.39 is 23.7 Å². The molecule has 0 aliphatic heterocycles. The highest BCUT2D eigenvalue weighted by Gasteiger charge is 2.30. The molecule has 0 N–H and O–H groups in total. The summed E-state index contributed by atoms with van der Waals surface area (Å²) >= 11 is 0. The molecule has 204 valence electrons. The van der Waals surface area contributed by atoms with Crippen molar-refractivity contribution in [2.24, 2.45) is 0 Å². The van der Waals surface area contributed by atoms with Crippen LogP contribution in [0, 0.1) is 0 Å². The zero-order valence-electron chi connectivity index (χ0n) is 21.0. The van der Waals surface area contributed by atoms with Gasteiger partial charge in [-0.2, -0.15) is 13.2 Å². The fourth-order valence-corrected chi connectivity index (χ4v) is 3.37. The lowest BCUT2D eigenvalue weighted by Crippen LogP contribution is -2.10. The van der Waals surface area contributed by atoms with Crippen molar-refractivity contribution in [3.63, 3.8) is 0 Å². The lowest BCUT2D eigenvalue weighted by molar-refractivity contribution is -0.138. The molecule has 0 saturated heterocycles. The summed E-state index contributed by atoms with van der Waals surface area (Å²) in [6.07, 6.45) is 1.42. The molecule has 3 aromatic rings. The predicted molar refractivity (Wildman–Crippen MR) is 138 cm³/mol. The minimum atomic E-state index is -4.49. The first-order chi connectivity index (χ1) is 18.7. The van der Waals surface area contributed by atoms with Crippen molar-refractivity contribution >= 4 is 24.0 Å². The molecule has 39 heavy (non-hydrogen) atoms. The summed E-state index contributed by atoms with van der Waals surface area (Å²) in [4.78, 5) is 35.9. The first kappa shape index (κ1) is 29.2. The summed E-state index contributed by atoms with van der Waals surface area (Å²) in [6.45, 7) is 0.606. The molecule has 0 saturated carbocycles. The molecule has 0 heterocycles. The summed E-state index contributed by atoms with van der Waals surface area (Å²) in [5, 5.41) is 0. The van der Waals surface area contributed by atoms with Gasteiger partial charge in [0.2, 0.25) is 0 Å². The van der Waals surface area contributed by atoms with E-state index in [0.717, 1.165) is 43.5 Å². The van der Waals surface area contributed by atoms with E-state index in [0.29, 0.717) is 24.2 Å². The van der Waals surface area contributed by atoms with Gasteiger partial charge < -0.3 is 14.2 Å². The number of rotatable bonds is 12. The molecule has 0 radical (unpaired) electrons. The lowest BCUT2D eigenvalue weighted by atomic mass is 10.1. The van der Waals surface area contributed by atoms with Gasteiger partial charge in [-0.25, -0.2) is 14.4 Å². The normalized spacial score (nSPS) is 11.3. The van der Waals surface area contributed by atoms with Gasteiger partial charge in [0.05, 0.1) is 29.9 Å². The first-order valence-electron chi connectivity index (χ1n) is 12.3. The van der Waals surface area contributed by atoms with Crippen molar-refractivity contribution in [1.82, 2.24) is 0 Å². The molecular weight excluding hydrogens is 513 g/mol. The Balaban J connectivity index is 1.29.